The third-order valence-corrected chi connectivity index (χ3v) is 4.49. The van der Waals surface area contributed by atoms with Crippen LogP contribution in [-0.2, 0) is 21.2 Å². The molecule has 0 atom stereocenters. The molecule has 9 heteroatoms. The van der Waals surface area contributed by atoms with Gasteiger partial charge in [0.05, 0.1) is 0 Å². The molecule has 0 aliphatic heterocycles. The van der Waals surface area contributed by atoms with Crippen LogP contribution >= 0.6 is 0 Å². The van der Waals surface area contributed by atoms with Crippen molar-refractivity contribution >= 4 is 15.9 Å². The molecule has 134 valence electrons. The van der Waals surface area contributed by atoms with E-state index in [9.17, 15) is 22.0 Å². The van der Waals surface area contributed by atoms with Gasteiger partial charge in [-0.3, -0.25) is 10.2 Å². The minimum absolute atomic E-state index is 0.430. The molecule has 0 aliphatic rings. The van der Waals surface area contributed by atoms with E-state index in [4.69, 9.17) is 4.74 Å². The van der Waals surface area contributed by atoms with Crippen LogP contribution in [0.25, 0.3) is 0 Å². The van der Waals surface area contributed by atoms with Gasteiger partial charge in [-0.2, -0.15) is 0 Å². The number of carbonyl (C=O) groups is 1. The highest BCUT2D eigenvalue weighted by molar-refractivity contribution is 7.89. The fourth-order valence-electron chi connectivity index (χ4n) is 1.88. The fraction of sp³-hybridized carbons (Fsp3) is 0.188. The second-order valence-electron chi connectivity index (χ2n) is 5.01. The molecule has 0 radical (unpaired) electrons. The molecule has 2 aromatic carbocycles. The number of nitrogens with one attached hydrogen (secondary N) is 2. The highest BCUT2D eigenvalue weighted by Crippen LogP contribution is 2.15. The van der Waals surface area contributed by atoms with E-state index < -0.39 is 39.1 Å². The molecule has 0 aliphatic carbocycles. The molecule has 2 N–H and O–H groups in total. The van der Waals surface area contributed by atoms with E-state index >= 15 is 0 Å². The van der Waals surface area contributed by atoms with Crippen molar-refractivity contribution in [3.8, 4) is 5.75 Å². The Morgan fingerprint density at radius 2 is 1.80 bits per heavy atom. The van der Waals surface area contributed by atoms with Crippen LogP contribution in [0.3, 0.4) is 0 Å². The van der Waals surface area contributed by atoms with Crippen LogP contribution in [0, 0.1) is 11.6 Å². The number of hydrazine groups is 1. The van der Waals surface area contributed by atoms with Crippen molar-refractivity contribution in [1.29, 1.82) is 0 Å². The summed E-state index contributed by atoms with van der Waals surface area (Å²) in [5.41, 5.74) is 3.00. The van der Waals surface area contributed by atoms with Gasteiger partial charge in [0.2, 0.25) is 0 Å². The molecule has 2 aromatic rings. The lowest BCUT2D eigenvalue weighted by molar-refractivity contribution is -0.123. The van der Waals surface area contributed by atoms with Crippen LogP contribution in [0.4, 0.5) is 8.78 Å². The predicted octanol–water partition coefficient (Wildman–Crippen LogP) is 1.92. The first-order valence-corrected chi connectivity index (χ1v) is 8.77. The van der Waals surface area contributed by atoms with Crippen LogP contribution in [0.5, 0.6) is 5.75 Å². The van der Waals surface area contributed by atoms with Gasteiger partial charge in [-0.05, 0) is 36.2 Å². The quantitative estimate of drug-likeness (QED) is 0.730. The number of rotatable bonds is 7. The van der Waals surface area contributed by atoms with Gasteiger partial charge in [-0.25, -0.2) is 17.2 Å². The molecule has 0 spiro atoms. The van der Waals surface area contributed by atoms with Crippen LogP contribution in [0.15, 0.2) is 47.4 Å². The predicted molar refractivity (Wildman–Crippen MR) is 86.1 cm³/mol. The minimum Gasteiger partial charge on any atom is -0.484 e. The Kier molecular flexibility index (Phi) is 6.05. The molecule has 1 amide bonds. The number of sulfonamides is 1. The van der Waals surface area contributed by atoms with Crippen molar-refractivity contribution in [3.05, 3.63) is 59.7 Å². The third kappa shape index (κ3) is 5.23. The molecule has 6 nitrogen and oxygen atoms in total. The Labute approximate surface area is 143 Å². The Bertz CT molecular complexity index is 855. The summed E-state index contributed by atoms with van der Waals surface area (Å²) in [6.07, 6.45) is 0.864. The molecular formula is C16H16F2N2O4S. The van der Waals surface area contributed by atoms with Gasteiger partial charge < -0.3 is 4.74 Å². The van der Waals surface area contributed by atoms with Gasteiger partial charge in [0.1, 0.15) is 22.3 Å². The maximum Gasteiger partial charge on any atom is 0.272 e. The summed E-state index contributed by atoms with van der Waals surface area (Å²) >= 11 is 0. The van der Waals surface area contributed by atoms with Crippen molar-refractivity contribution in [1.82, 2.24) is 10.3 Å². The lowest BCUT2D eigenvalue weighted by atomic mass is 10.2. The second-order valence-corrected chi connectivity index (χ2v) is 6.67. The lowest BCUT2D eigenvalue weighted by Crippen LogP contribution is -2.43. The molecule has 0 saturated carbocycles. The highest BCUT2D eigenvalue weighted by atomic mass is 32.2. The van der Waals surface area contributed by atoms with E-state index in [-0.39, 0.29) is 0 Å². The van der Waals surface area contributed by atoms with Crippen molar-refractivity contribution in [2.24, 2.45) is 0 Å². The summed E-state index contributed by atoms with van der Waals surface area (Å²) in [5.74, 6) is -2.53. The zero-order valence-corrected chi connectivity index (χ0v) is 14.1. The summed E-state index contributed by atoms with van der Waals surface area (Å²) in [4.78, 5) is 12.6. The zero-order valence-electron chi connectivity index (χ0n) is 13.3. The average molecular weight is 370 g/mol. The first kappa shape index (κ1) is 18.8. The molecule has 0 fully saturated rings. The number of ether oxygens (including phenoxy) is 1. The molecule has 25 heavy (non-hydrogen) atoms. The van der Waals surface area contributed by atoms with Crippen molar-refractivity contribution < 1.29 is 26.7 Å². The molecule has 0 unspecified atom stereocenters. The molecule has 0 heterocycles. The number of carbonyl (C=O) groups excluding carboxylic acids is 1. The maximum absolute atomic E-state index is 13.5. The number of hydrogen-bond donors (Lipinski definition) is 2. The van der Waals surface area contributed by atoms with Gasteiger partial charge in [0.15, 0.2) is 6.61 Å². The standard InChI is InChI=1S/C16H16F2N2O4S/c1-2-11-3-6-13(7-4-11)24-10-16(21)19-20-25(22,23)15-8-5-12(17)9-14(15)18/h3-9,20H,2,10H2,1H3,(H,19,21). The Hall–Kier alpha value is -2.52. The fourth-order valence-corrected chi connectivity index (χ4v) is 2.80. The number of aryl methyl sites for hydroxylation is 1. The minimum atomic E-state index is -4.37. The van der Waals surface area contributed by atoms with E-state index in [1.165, 1.54) is 0 Å². The highest BCUT2D eigenvalue weighted by Gasteiger charge is 2.20. The smallest absolute Gasteiger partial charge is 0.272 e. The number of benzene rings is 2. The first-order chi connectivity index (χ1) is 11.8. The number of hydrogen-bond acceptors (Lipinski definition) is 4. The van der Waals surface area contributed by atoms with Crippen LogP contribution < -0.4 is 15.0 Å². The molecule has 0 aromatic heterocycles. The normalized spacial score (nSPS) is 11.2. The summed E-state index contributed by atoms with van der Waals surface area (Å²) in [5, 5.41) is 0. The number of amides is 1. The molecular weight excluding hydrogens is 354 g/mol. The van der Waals surface area contributed by atoms with Crippen molar-refractivity contribution in [2.75, 3.05) is 6.61 Å². The van der Waals surface area contributed by atoms with E-state index in [2.05, 4.69) is 0 Å². The summed E-state index contributed by atoms with van der Waals surface area (Å²) in [6.45, 7) is 1.55. The van der Waals surface area contributed by atoms with E-state index in [0.717, 1.165) is 24.1 Å². The second kappa shape index (κ2) is 8.04. The van der Waals surface area contributed by atoms with Gasteiger partial charge in [0, 0.05) is 6.07 Å². The molecule has 2 rings (SSSR count). The summed E-state index contributed by atoms with van der Waals surface area (Å²) in [7, 11) is -4.37. The monoisotopic (exact) mass is 370 g/mol. The van der Waals surface area contributed by atoms with E-state index in [1.807, 2.05) is 24.5 Å². The van der Waals surface area contributed by atoms with Gasteiger partial charge in [0.25, 0.3) is 15.9 Å². The largest absolute Gasteiger partial charge is 0.484 e. The Balaban J connectivity index is 1.90. The van der Waals surface area contributed by atoms with E-state index in [1.54, 1.807) is 17.0 Å². The maximum atomic E-state index is 13.5. The van der Waals surface area contributed by atoms with E-state index in [0.29, 0.717) is 11.8 Å². The SMILES string of the molecule is CCc1ccc(OCC(=O)NNS(=O)(=O)c2ccc(F)cc2F)cc1. The van der Waals surface area contributed by atoms with Crippen LogP contribution in [0.1, 0.15) is 12.5 Å². The van der Waals surface area contributed by atoms with Crippen LogP contribution in [-0.4, -0.2) is 20.9 Å². The van der Waals surface area contributed by atoms with Gasteiger partial charge >= 0.3 is 0 Å². The topological polar surface area (TPSA) is 84.5 Å². The van der Waals surface area contributed by atoms with Crippen molar-refractivity contribution in [3.63, 3.8) is 0 Å². The Morgan fingerprint density at radius 1 is 1.12 bits per heavy atom. The molecule has 0 bridgehead atoms. The average Bonchev–Trinajstić information content (AvgIpc) is 2.58. The van der Waals surface area contributed by atoms with Crippen LogP contribution in [0.2, 0.25) is 0 Å². The summed E-state index contributed by atoms with van der Waals surface area (Å²) < 4.78 is 55.3. The summed E-state index contributed by atoms with van der Waals surface area (Å²) in [6, 6.07) is 9.03. The van der Waals surface area contributed by atoms with Crippen molar-refractivity contribution in [2.45, 2.75) is 18.2 Å². The lowest BCUT2D eigenvalue weighted by Gasteiger charge is -2.10. The third-order valence-electron chi connectivity index (χ3n) is 3.21. The zero-order chi connectivity index (χ0) is 18.4. The number of halogens is 2. The van der Waals surface area contributed by atoms with Gasteiger partial charge in [-0.15, -0.1) is 4.83 Å². The first-order valence-electron chi connectivity index (χ1n) is 7.29. The van der Waals surface area contributed by atoms with Gasteiger partial charge in [-0.1, -0.05) is 19.1 Å². The molecule has 0 saturated heterocycles. The Morgan fingerprint density at radius 3 is 2.40 bits per heavy atom.